The Hall–Kier alpha value is -4.08. The van der Waals surface area contributed by atoms with Crippen LogP contribution in [0.15, 0.2) is 119 Å². The lowest BCUT2D eigenvalue weighted by Gasteiger charge is -2.12. The van der Waals surface area contributed by atoms with Crippen LogP contribution in [0.5, 0.6) is 17.2 Å². The molecule has 0 bridgehead atoms. The van der Waals surface area contributed by atoms with Crippen LogP contribution >= 0.6 is 27.7 Å². The van der Waals surface area contributed by atoms with Gasteiger partial charge < -0.3 is 14.8 Å². The molecule has 0 aliphatic rings. The third kappa shape index (κ3) is 7.72. The number of para-hydroxylation sites is 2. The highest BCUT2D eigenvalue weighted by molar-refractivity contribution is 9.10. The molecule has 4 aromatic carbocycles. The Morgan fingerprint density at radius 3 is 2.13 bits per heavy atom. The van der Waals surface area contributed by atoms with Gasteiger partial charge in [-0.1, -0.05) is 76.2 Å². The molecule has 0 atom stereocenters. The second-order valence-electron chi connectivity index (χ2n) is 8.49. The monoisotopic (exact) mass is 600 g/mol. The first-order valence-corrected chi connectivity index (χ1v) is 14.0. The molecule has 1 aromatic heterocycles. The number of hydrogen-bond acceptors (Lipinski definition) is 6. The van der Waals surface area contributed by atoms with Crippen molar-refractivity contribution in [3.05, 3.63) is 125 Å². The van der Waals surface area contributed by atoms with Gasteiger partial charge in [0.2, 0.25) is 5.91 Å². The fraction of sp³-hybridized carbons (Fsp3) is 0.100. The molecule has 1 amide bonds. The number of amides is 1. The van der Waals surface area contributed by atoms with Crippen molar-refractivity contribution in [2.45, 2.75) is 18.3 Å². The van der Waals surface area contributed by atoms with Crippen molar-refractivity contribution >= 4 is 39.3 Å². The largest absolute Gasteiger partial charge is 0.486 e. The quantitative estimate of drug-likeness (QED) is 0.162. The Balaban J connectivity index is 1.22. The number of nitrogens with zero attached hydrogens (tertiary/aromatic N) is 3. The first kappa shape index (κ1) is 26.5. The van der Waals surface area contributed by atoms with E-state index in [9.17, 15) is 4.79 Å². The van der Waals surface area contributed by atoms with Gasteiger partial charge in [0, 0.05) is 10.2 Å². The molecule has 7 nitrogen and oxygen atoms in total. The maximum atomic E-state index is 12.7. The van der Waals surface area contributed by atoms with E-state index in [2.05, 4.69) is 31.4 Å². The number of carbonyl (C=O) groups is 1. The van der Waals surface area contributed by atoms with Gasteiger partial charge in [-0.2, -0.15) is 0 Å². The summed E-state index contributed by atoms with van der Waals surface area (Å²) in [7, 11) is 0. The highest BCUT2D eigenvalue weighted by Crippen LogP contribution is 2.24. The van der Waals surface area contributed by atoms with E-state index in [1.165, 1.54) is 11.8 Å². The van der Waals surface area contributed by atoms with Gasteiger partial charge in [-0.15, -0.1) is 10.2 Å². The molecular formula is C30H25BrN4O3S. The first-order chi connectivity index (χ1) is 19.1. The molecular weight excluding hydrogens is 576 g/mol. The standard InChI is InChI=1S/C30H25BrN4O3S/c31-23-13-11-22(12-14-23)19-35-28(20-37-25-7-3-1-4-8-25)33-34-30(35)39-21-29(36)32-24-15-17-27(18-16-24)38-26-9-5-2-6-10-26/h1-18H,19-21H2,(H,32,36). The van der Waals surface area contributed by atoms with E-state index in [1.54, 1.807) is 0 Å². The average Bonchev–Trinajstić information content (AvgIpc) is 3.35. The number of nitrogens with one attached hydrogen (secondary N) is 1. The lowest BCUT2D eigenvalue weighted by molar-refractivity contribution is -0.113. The number of anilines is 1. The third-order valence-electron chi connectivity index (χ3n) is 5.61. The number of rotatable bonds is 11. The minimum absolute atomic E-state index is 0.142. The summed E-state index contributed by atoms with van der Waals surface area (Å²) >= 11 is 4.81. The molecule has 0 aliphatic carbocycles. The summed E-state index contributed by atoms with van der Waals surface area (Å²) in [5.74, 6) is 2.92. The van der Waals surface area contributed by atoms with E-state index in [4.69, 9.17) is 9.47 Å². The van der Waals surface area contributed by atoms with Crippen LogP contribution in [0, 0.1) is 0 Å². The van der Waals surface area contributed by atoms with Crippen LogP contribution in [-0.4, -0.2) is 26.4 Å². The number of hydrogen-bond donors (Lipinski definition) is 1. The molecule has 196 valence electrons. The molecule has 9 heteroatoms. The van der Waals surface area contributed by atoms with Crippen molar-refractivity contribution in [3.63, 3.8) is 0 Å². The molecule has 0 saturated heterocycles. The van der Waals surface area contributed by atoms with Crippen LogP contribution in [0.2, 0.25) is 0 Å². The fourth-order valence-electron chi connectivity index (χ4n) is 3.69. The molecule has 5 rings (SSSR count). The zero-order chi connectivity index (χ0) is 26.9. The predicted molar refractivity (Wildman–Crippen MR) is 156 cm³/mol. The molecule has 1 heterocycles. The van der Waals surface area contributed by atoms with Crippen molar-refractivity contribution < 1.29 is 14.3 Å². The Labute approximate surface area is 239 Å². The molecule has 0 aliphatic heterocycles. The number of ether oxygens (including phenoxy) is 2. The Morgan fingerprint density at radius 2 is 1.44 bits per heavy atom. The summed E-state index contributed by atoms with van der Waals surface area (Å²) in [6, 6.07) is 34.5. The van der Waals surface area contributed by atoms with Crippen molar-refractivity contribution in [1.82, 2.24) is 14.8 Å². The maximum absolute atomic E-state index is 12.7. The molecule has 1 N–H and O–H groups in total. The first-order valence-electron chi connectivity index (χ1n) is 12.2. The maximum Gasteiger partial charge on any atom is 0.234 e. The van der Waals surface area contributed by atoms with Crippen LogP contribution in [0.25, 0.3) is 0 Å². The number of aromatic nitrogens is 3. The molecule has 0 unspecified atom stereocenters. The van der Waals surface area contributed by atoms with E-state index in [0.29, 0.717) is 29.0 Å². The van der Waals surface area contributed by atoms with Crippen molar-refractivity contribution in [2.75, 3.05) is 11.1 Å². The van der Waals surface area contributed by atoms with E-state index in [-0.39, 0.29) is 18.3 Å². The van der Waals surface area contributed by atoms with E-state index < -0.39 is 0 Å². The molecule has 39 heavy (non-hydrogen) atoms. The zero-order valence-corrected chi connectivity index (χ0v) is 23.3. The van der Waals surface area contributed by atoms with Gasteiger partial charge in [0.1, 0.15) is 23.9 Å². The SMILES string of the molecule is O=C(CSc1nnc(COc2ccccc2)n1Cc1ccc(Br)cc1)Nc1ccc(Oc2ccccc2)cc1. The molecule has 5 aromatic rings. The number of carbonyl (C=O) groups excluding carboxylic acids is 1. The molecule has 0 saturated carbocycles. The highest BCUT2D eigenvalue weighted by Gasteiger charge is 2.16. The van der Waals surface area contributed by atoms with E-state index in [0.717, 1.165) is 21.5 Å². The summed E-state index contributed by atoms with van der Waals surface area (Å²) in [5.41, 5.74) is 1.78. The van der Waals surface area contributed by atoms with Crippen molar-refractivity contribution in [3.8, 4) is 17.2 Å². The summed E-state index contributed by atoms with van der Waals surface area (Å²) in [4.78, 5) is 12.7. The normalized spacial score (nSPS) is 10.7. The van der Waals surface area contributed by atoms with Crippen molar-refractivity contribution in [2.24, 2.45) is 0 Å². The number of benzene rings is 4. The van der Waals surface area contributed by atoms with E-state index >= 15 is 0 Å². The van der Waals surface area contributed by atoms with Crippen LogP contribution in [0.4, 0.5) is 5.69 Å². The van der Waals surface area contributed by atoms with E-state index in [1.807, 2.05) is 114 Å². The molecule has 0 radical (unpaired) electrons. The van der Waals surface area contributed by atoms with Gasteiger partial charge in [-0.3, -0.25) is 9.36 Å². The lowest BCUT2D eigenvalue weighted by Crippen LogP contribution is -2.15. The van der Waals surface area contributed by atoms with Gasteiger partial charge in [0.25, 0.3) is 0 Å². The molecule has 0 fully saturated rings. The van der Waals surface area contributed by atoms with Crippen LogP contribution < -0.4 is 14.8 Å². The van der Waals surface area contributed by atoms with Crippen LogP contribution in [-0.2, 0) is 17.9 Å². The lowest BCUT2D eigenvalue weighted by atomic mass is 10.2. The summed E-state index contributed by atoms with van der Waals surface area (Å²) in [6.45, 7) is 0.818. The summed E-state index contributed by atoms with van der Waals surface area (Å²) < 4.78 is 14.7. The number of halogens is 1. The molecule has 0 spiro atoms. The predicted octanol–water partition coefficient (Wildman–Crippen LogP) is 7.19. The smallest absolute Gasteiger partial charge is 0.234 e. The Morgan fingerprint density at radius 1 is 0.795 bits per heavy atom. The summed E-state index contributed by atoms with van der Waals surface area (Å²) in [5, 5.41) is 12.3. The van der Waals surface area contributed by atoms with Gasteiger partial charge in [0.05, 0.1) is 12.3 Å². The second kappa shape index (κ2) is 13.1. The third-order valence-corrected chi connectivity index (χ3v) is 7.10. The topological polar surface area (TPSA) is 78.3 Å². The average molecular weight is 602 g/mol. The number of thioether (sulfide) groups is 1. The van der Waals surface area contributed by atoms with Gasteiger partial charge in [-0.05, 0) is 66.2 Å². The summed E-state index contributed by atoms with van der Waals surface area (Å²) in [6.07, 6.45) is 0. The second-order valence-corrected chi connectivity index (χ2v) is 10.3. The van der Waals surface area contributed by atoms with Gasteiger partial charge in [0.15, 0.2) is 11.0 Å². The Kier molecular flexibility index (Phi) is 8.93. The minimum Gasteiger partial charge on any atom is -0.486 e. The zero-order valence-electron chi connectivity index (χ0n) is 20.9. The van der Waals surface area contributed by atoms with Crippen molar-refractivity contribution in [1.29, 1.82) is 0 Å². The van der Waals surface area contributed by atoms with Crippen LogP contribution in [0.1, 0.15) is 11.4 Å². The van der Waals surface area contributed by atoms with Crippen LogP contribution in [0.3, 0.4) is 0 Å². The highest BCUT2D eigenvalue weighted by atomic mass is 79.9. The minimum atomic E-state index is -0.142. The van der Waals surface area contributed by atoms with Gasteiger partial charge >= 0.3 is 0 Å². The Bertz CT molecular complexity index is 1500. The van der Waals surface area contributed by atoms with Gasteiger partial charge in [-0.25, -0.2) is 0 Å². The fourth-order valence-corrected chi connectivity index (χ4v) is 4.71.